The molecule has 0 spiro atoms. The standard InChI is InChI=1S/C10H13ClFNO/c1-10(2,6-13)14-9-7(11)4-3-5-8(9)12/h3-5H,6,13H2,1-2H3. The fourth-order valence-electron chi connectivity index (χ4n) is 0.898. The van der Waals surface area contributed by atoms with Crippen LogP contribution in [0.15, 0.2) is 18.2 Å². The van der Waals surface area contributed by atoms with E-state index in [9.17, 15) is 4.39 Å². The Kier molecular flexibility index (Phi) is 3.34. The molecule has 0 heterocycles. The summed E-state index contributed by atoms with van der Waals surface area (Å²) >= 11 is 5.79. The van der Waals surface area contributed by atoms with Crippen molar-refractivity contribution in [3.8, 4) is 5.75 Å². The second-order valence-electron chi connectivity index (χ2n) is 3.62. The van der Waals surface area contributed by atoms with Crippen LogP contribution in [0.3, 0.4) is 0 Å². The largest absolute Gasteiger partial charge is 0.482 e. The normalized spacial score (nSPS) is 11.5. The van der Waals surface area contributed by atoms with Gasteiger partial charge in [-0.05, 0) is 26.0 Å². The number of ether oxygens (including phenoxy) is 1. The van der Waals surface area contributed by atoms with Crippen molar-refractivity contribution in [2.45, 2.75) is 19.4 Å². The van der Waals surface area contributed by atoms with E-state index in [0.29, 0.717) is 0 Å². The zero-order valence-corrected chi connectivity index (χ0v) is 8.94. The fraction of sp³-hybridized carbons (Fsp3) is 0.400. The molecule has 0 radical (unpaired) electrons. The highest BCUT2D eigenvalue weighted by atomic mass is 35.5. The van der Waals surface area contributed by atoms with Gasteiger partial charge in [-0.25, -0.2) is 4.39 Å². The van der Waals surface area contributed by atoms with Crippen LogP contribution in [0.5, 0.6) is 5.75 Å². The predicted molar refractivity (Wildman–Crippen MR) is 55.2 cm³/mol. The lowest BCUT2D eigenvalue weighted by Gasteiger charge is -2.25. The monoisotopic (exact) mass is 217 g/mol. The third kappa shape index (κ3) is 2.59. The maximum absolute atomic E-state index is 13.3. The maximum atomic E-state index is 13.3. The highest BCUT2D eigenvalue weighted by Crippen LogP contribution is 2.30. The van der Waals surface area contributed by atoms with Gasteiger partial charge < -0.3 is 10.5 Å². The Morgan fingerprint density at radius 3 is 2.64 bits per heavy atom. The molecule has 0 unspecified atom stereocenters. The summed E-state index contributed by atoms with van der Waals surface area (Å²) in [6.45, 7) is 3.84. The van der Waals surface area contributed by atoms with Crippen LogP contribution in [-0.2, 0) is 0 Å². The van der Waals surface area contributed by atoms with Gasteiger partial charge in [-0.3, -0.25) is 0 Å². The highest BCUT2D eigenvalue weighted by Gasteiger charge is 2.21. The quantitative estimate of drug-likeness (QED) is 0.845. The third-order valence-electron chi connectivity index (χ3n) is 1.79. The summed E-state index contributed by atoms with van der Waals surface area (Å²) in [4.78, 5) is 0. The van der Waals surface area contributed by atoms with Crippen LogP contribution in [0.4, 0.5) is 4.39 Å². The van der Waals surface area contributed by atoms with Crippen molar-refractivity contribution in [2.75, 3.05) is 6.54 Å². The Morgan fingerprint density at radius 1 is 1.50 bits per heavy atom. The van der Waals surface area contributed by atoms with Crippen molar-refractivity contribution in [2.24, 2.45) is 5.73 Å². The zero-order chi connectivity index (χ0) is 10.8. The molecule has 0 aliphatic carbocycles. The maximum Gasteiger partial charge on any atom is 0.174 e. The molecule has 0 aromatic heterocycles. The second kappa shape index (κ2) is 4.15. The van der Waals surface area contributed by atoms with E-state index in [1.807, 2.05) is 0 Å². The average molecular weight is 218 g/mol. The molecule has 1 aromatic rings. The summed E-state index contributed by atoms with van der Waals surface area (Å²) in [5.41, 5.74) is 4.84. The van der Waals surface area contributed by atoms with Crippen molar-refractivity contribution in [3.05, 3.63) is 29.0 Å². The number of para-hydroxylation sites is 1. The Bertz CT molecular complexity index is 308. The summed E-state index contributed by atoms with van der Waals surface area (Å²) < 4.78 is 18.6. The topological polar surface area (TPSA) is 35.2 Å². The van der Waals surface area contributed by atoms with Crippen LogP contribution < -0.4 is 10.5 Å². The van der Waals surface area contributed by atoms with Gasteiger partial charge in [-0.2, -0.15) is 0 Å². The molecular weight excluding hydrogens is 205 g/mol. The number of halogens is 2. The Balaban J connectivity index is 2.97. The van der Waals surface area contributed by atoms with E-state index in [4.69, 9.17) is 22.1 Å². The van der Waals surface area contributed by atoms with E-state index in [1.54, 1.807) is 19.9 Å². The minimum atomic E-state index is -0.619. The van der Waals surface area contributed by atoms with Crippen LogP contribution >= 0.6 is 11.6 Å². The van der Waals surface area contributed by atoms with E-state index < -0.39 is 11.4 Å². The first-order chi connectivity index (χ1) is 6.46. The molecule has 0 aliphatic heterocycles. The van der Waals surface area contributed by atoms with E-state index in [-0.39, 0.29) is 17.3 Å². The van der Waals surface area contributed by atoms with Gasteiger partial charge in [0.25, 0.3) is 0 Å². The van der Waals surface area contributed by atoms with Gasteiger partial charge in [-0.15, -0.1) is 0 Å². The van der Waals surface area contributed by atoms with Gasteiger partial charge in [0.2, 0.25) is 0 Å². The molecule has 0 amide bonds. The summed E-state index contributed by atoms with van der Waals surface area (Å²) in [5, 5.41) is 0.256. The summed E-state index contributed by atoms with van der Waals surface area (Å²) in [6, 6.07) is 4.40. The molecule has 0 bridgehead atoms. The lowest BCUT2D eigenvalue weighted by Crippen LogP contribution is -2.37. The van der Waals surface area contributed by atoms with Crippen LogP contribution in [-0.4, -0.2) is 12.1 Å². The molecule has 0 saturated carbocycles. The lowest BCUT2D eigenvalue weighted by atomic mass is 10.1. The molecule has 14 heavy (non-hydrogen) atoms. The van der Waals surface area contributed by atoms with Gasteiger partial charge in [0.15, 0.2) is 11.6 Å². The van der Waals surface area contributed by atoms with Crippen molar-refractivity contribution in [3.63, 3.8) is 0 Å². The van der Waals surface area contributed by atoms with E-state index >= 15 is 0 Å². The first-order valence-corrected chi connectivity index (χ1v) is 4.67. The first-order valence-electron chi connectivity index (χ1n) is 4.29. The van der Waals surface area contributed by atoms with Crippen LogP contribution in [0.1, 0.15) is 13.8 Å². The van der Waals surface area contributed by atoms with E-state index in [1.165, 1.54) is 12.1 Å². The Labute approximate surface area is 87.8 Å². The molecular formula is C10H13ClFNO. The van der Waals surface area contributed by atoms with Gasteiger partial charge in [0.1, 0.15) is 5.60 Å². The predicted octanol–water partition coefficient (Wildman–Crippen LogP) is 2.60. The molecule has 0 fully saturated rings. The summed E-state index contributed by atoms with van der Waals surface area (Å²) in [5.74, 6) is -0.413. The third-order valence-corrected chi connectivity index (χ3v) is 2.09. The first kappa shape index (κ1) is 11.3. The molecule has 0 atom stereocenters. The summed E-state index contributed by atoms with van der Waals surface area (Å²) in [6.07, 6.45) is 0. The number of benzene rings is 1. The molecule has 0 aliphatic rings. The minimum Gasteiger partial charge on any atom is -0.482 e. The molecule has 1 rings (SSSR count). The van der Waals surface area contributed by atoms with Crippen LogP contribution in [0.25, 0.3) is 0 Å². The second-order valence-corrected chi connectivity index (χ2v) is 4.02. The molecule has 4 heteroatoms. The Morgan fingerprint density at radius 2 is 2.14 bits per heavy atom. The lowest BCUT2D eigenvalue weighted by molar-refractivity contribution is 0.113. The number of nitrogens with two attached hydrogens (primary N) is 1. The molecule has 2 N–H and O–H groups in total. The van der Waals surface area contributed by atoms with Crippen molar-refractivity contribution < 1.29 is 9.13 Å². The van der Waals surface area contributed by atoms with Gasteiger partial charge in [0, 0.05) is 6.54 Å². The van der Waals surface area contributed by atoms with Crippen molar-refractivity contribution in [1.82, 2.24) is 0 Å². The van der Waals surface area contributed by atoms with E-state index in [0.717, 1.165) is 0 Å². The zero-order valence-electron chi connectivity index (χ0n) is 8.18. The minimum absolute atomic E-state index is 0.0598. The molecule has 2 nitrogen and oxygen atoms in total. The molecule has 1 aromatic carbocycles. The fourth-order valence-corrected chi connectivity index (χ4v) is 1.10. The Hall–Kier alpha value is -0.800. The molecule has 78 valence electrons. The van der Waals surface area contributed by atoms with Crippen LogP contribution in [0, 0.1) is 5.82 Å². The van der Waals surface area contributed by atoms with Crippen molar-refractivity contribution in [1.29, 1.82) is 0 Å². The number of hydrogen-bond donors (Lipinski definition) is 1. The van der Waals surface area contributed by atoms with Crippen LogP contribution in [0.2, 0.25) is 5.02 Å². The average Bonchev–Trinajstić information content (AvgIpc) is 2.12. The summed E-state index contributed by atoms with van der Waals surface area (Å²) in [7, 11) is 0. The number of rotatable bonds is 3. The molecule has 0 saturated heterocycles. The van der Waals surface area contributed by atoms with E-state index in [2.05, 4.69) is 0 Å². The highest BCUT2D eigenvalue weighted by molar-refractivity contribution is 6.32. The van der Waals surface area contributed by atoms with Gasteiger partial charge in [0.05, 0.1) is 5.02 Å². The number of hydrogen-bond acceptors (Lipinski definition) is 2. The smallest absolute Gasteiger partial charge is 0.174 e. The van der Waals surface area contributed by atoms with Gasteiger partial charge >= 0.3 is 0 Å². The van der Waals surface area contributed by atoms with Gasteiger partial charge in [-0.1, -0.05) is 17.7 Å². The SMILES string of the molecule is CC(C)(CN)Oc1c(F)cccc1Cl. The van der Waals surface area contributed by atoms with Crippen molar-refractivity contribution >= 4 is 11.6 Å².